The number of allylic oxidation sites excluding steroid dienone is 4. The molecule has 2 bridgehead atoms. The van der Waals surface area contributed by atoms with Gasteiger partial charge in [-0.1, -0.05) is 65.8 Å². The van der Waals surface area contributed by atoms with Gasteiger partial charge in [-0.05, 0) is 18.3 Å². The van der Waals surface area contributed by atoms with Crippen molar-refractivity contribution in [2.24, 2.45) is 11.8 Å². The van der Waals surface area contributed by atoms with Crippen LogP contribution in [0.3, 0.4) is 0 Å². The molecule has 13 heavy (non-hydrogen) atoms. The van der Waals surface area contributed by atoms with Crippen molar-refractivity contribution in [1.82, 2.24) is 0 Å². The van der Waals surface area contributed by atoms with E-state index in [1.165, 1.54) is 6.42 Å². The molecular formula is C13H26. The summed E-state index contributed by atoms with van der Waals surface area (Å²) < 4.78 is 0. The topological polar surface area (TPSA) is 0 Å². The minimum Gasteiger partial charge on any atom is -0.0810 e. The lowest BCUT2D eigenvalue weighted by Crippen LogP contribution is -1.79. The van der Waals surface area contributed by atoms with Gasteiger partial charge < -0.3 is 0 Å². The molecule has 0 unspecified atom stereocenters. The predicted molar refractivity (Wildman–Crippen MR) is 63.9 cm³/mol. The minimum absolute atomic E-state index is 0.810. The van der Waals surface area contributed by atoms with Gasteiger partial charge in [0.1, 0.15) is 0 Å². The third kappa shape index (κ3) is 5.68. The fourth-order valence-electron chi connectivity index (χ4n) is 1.33. The van der Waals surface area contributed by atoms with Crippen LogP contribution in [0.1, 0.15) is 48.0 Å². The molecule has 0 radical (unpaired) electrons. The molecule has 2 aliphatic rings. The van der Waals surface area contributed by atoms with Gasteiger partial charge in [0.25, 0.3) is 0 Å². The Morgan fingerprint density at radius 1 is 0.615 bits per heavy atom. The highest BCUT2D eigenvalue weighted by Crippen LogP contribution is 2.31. The number of hydrogen-bond acceptors (Lipinski definition) is 0. The molecule has 0 aromatic carbocycles. The van der Waals surface area contributed by atoms with Crippen molar-refractivity contribution in [3.8, 4) is 0 Å². The molecule has 0 amide bonds. The van der Waals surface area contributed by atoms with E-state index in [4.69, 9.17) is 0 Å². The van der Waals surface area contributed by atoms with Crippen molar-refractivity contribution in [3.05, 3.63) is 24.3 Å². The highest BCUT2D eigenvalue weighted by atomic mass is 14.2. The summed E-state index contributed by atoms with van der Waals surface area (Å²) >= 11 is 0. The van der Waals surface area contributed by atoms with Crippen molar-refractivity contribution in [1.29, 1.82) is 0 Å². The van der Waals surface area contributed by atoms with E-state index in [1.807, 2.05) is 41.5 Å². The van der Waals surface area contributed by atoms with E-state index in [1.54, 1.807) is 0 Å². The normalized spacial score (nSPS) is 24.8. The van der Waals surface area contributed by atoms with E-state index >= 15 is 0 Å². The van der Waals surface area contributed by atoms with Crippen molar-refractivity contribution >= 4 is 0 Å². The van der Waals surface area contributed by atoms with Crippen LogP contribution in [0.5, 0.6) is 0 Å². The molecular weight excluding hydrogens is 156 g/mol. The zero-order valence-corrected chi connectivity index (χ0v) is 10.2. The molecule has 0 N–H and O–H groups in total. The molecule has 0 fully saturated rings. The standard InChI is InChI=1S/C7H8.3C2H6/c1-2-7-4-3-6(1)5-7;3*1-2/h1-4,6-7H,5H2;3*1-2H3. The van der Waals surface area contributed by atoms with Crippen LogP contribution in [0.4, 0.5) is 0 Å². The van der Waals surface area contributed by atoms with Crippen LogP contribution in [-0.4, -0.2) is 0 Å². The molecule has 0 atom stereocenters. The Labute approximate surface area is 84.7 Å². The van der Waals surface area contributed by atoms with Crippen LogP contribution in [0, 0.1) is 11.8 Å². The molecule has 0 aliphatic heterocycles. The van der Waals surface area contributed by atoms with E-state index in [-0.39, 0.29) is 0 Å². The summed E-state index contributed by atoms with van der Waals surface area (Å²) in [5.41, 5.74) is 0. The molecule has 0 aromatic heterocycles. The molecule has 0 aromatic rings. The summed E-state index contributed by atoms with van der Waals surface area (Å²) in [7, 11) is 0. The second kappa shape index (κ2) is 11.5. The summed E-state index contributed by atoms with van der Waals surface area (Å²) in [6.07, 6.45) is 10.5. The number of rotatable bonds is 0. The van der Waals surface area contributed by atoms with Crippen molar-refractivity contribution in [2.45, 2.75) is 48.0 Å². The Morgan fingerprint density at radius 3 is 0.923 bits per heavy atom. The van der Waals surface area contributed by atoms with E-state index < -0.39 is 0 Å². The van der Waals surface area contributed by atoms with E-state index in [9.17, 15) is 0 Å². The first-order valence-electron chi connectivity index (χ1n) is 5.82. The lowest BCUT2D eigenvalue weighted by molar-refractivity contribution is 0.732. The second-order valence-electron chi connectivity index (χ2n) is 2.33. The number of hydrogen-bond donors (Lipinski definition) is 0. The molecule has 0 spiro atoms. The molecule has 78 valence electrons. The van der Waals surface area contributed by atoms with Crippen LogP contribution in [0.2, 0.25) is 0 Å². The van der Waals surface area contributed by atoms with Crippen molar-refractivity contribution in [2.75, 3.05) is 0 Å². The second-order valence-corrected chi connectivity index (χ2v) is 2.33. The van der Waals surface area contributed by atoms with Gasteiger partial charge in [0.05, 0.1) is 0 Å². The van der Waals surface area contributed by atoms with Crippen LogP contribution >= 0.6 is 0 Å². The van der Waals surface area contributed by atoms with Gasteiger partial charge in [-0.2, -0.15) is 0 Å². The van der Waals surface area contributed by atoms with Crippen LogP contribution < -0.4 is 0 Å². The molecule has 0 heterocycles. The first-order chi connectivity index (χ1) is 6.45. The van der Waals surface area contributed by atoms with Crippen LogP contribution in [0.25, 0.3) is 0 Å². The smallest absolute Gasteiger partial charge is 0.00445 e. The molecule has 2 aliphatic carbocycles. The molecule has 2 rings (SSSR count). The van der Waals surface area contributed by atoms with E-state index in [2.05, 4.69) is 24.3 Å². The van der Waals surface area contributed by atoms with Crippen LogP contribution in [-0.2, 0) is 0 Å². The van der Waals surface area contributed by atoms with E-state index in [0.717, 1.165) is 11.8 Å². The lowest BCUT2D eigenvalue weighted by Gasteiger charge is -1.88. The summed E-state index contributed by atoms with van der Waals surface area (Å²) in [4.78, 5) is 0. The molecule has 0 saturated carbocycles. The van der Waals surface area contributed by atoms with Gasteiger partial charge in [0, 0.05) is 0 Å². The Bertz CT molecular complexity index is 103. The zero-order chi connectivity index (χ0) is 10.7. The van der Waals surface area contributed by atoms with Crippen molar-refractivity contribution < 1.29 is 0 Å². The zero-order valence-electron chi connectivity index (χ0n) is 10.2. The highest BCUT2D eigenvalue weighted by molar-refractivity contribution is 5.21. The van der Waals surface area contributed by atoms with Crippen molar-refractivity contribution in [3.63, 3.8) is 0 Å². The van der Waals surface area contributed by atoms with Crippen LogP contribution in [0.15, 0.2) is 24.3 Å². The first kappa shape index (κ1) is 15.0. The van der Waals surface area contributed by atoms with Gasteiger partial charge in [-0.25, -0.2) is 0 Å². The highest BCUT2D eigenvalue weighted by Gasteiger charge is 2.19. The summed E-state index contributed by atoms with van der Waals surface area (Å²) in [5.74, 6) is 1.62. The molecule has 0 heteroatoms. The van der Waals surface area contributed by atoms with Gasteiger partial charge in [0.15, 0.2) is 0 Å². The molecule has 0 saturated heterocycles. The SMILES string of the molecule is C1=CC2C=CC1C2.CC.CC.CC. The third-order valence-corrected chi connectivity index (χ3v) is 1.76. The first-order valence-corrected chi connectivity index (χ1v) is 5.82. The Balaban J connectivity index is 0. The fraction of sp³-hybridized carbons (Fsp3) is 0.692. The number of fused-ring (bicyclic) bond motifs is 2. The summed E-state index contributed by atoms with van der Waals surface area (Å²) in [5, 5.41) is 0. The average Bonchev–Trinajstić information content (AvgIpc) is 2.90. The maximum Gasteiger partial charge on any atom is -0.00445 e. The lowest BCUT2D eigenvalue weighted by atomic mass is 10.2. The Kier molecular flexibility index (Phi) is 13.2. The fourth-order valence-corrected chi connectivity index (χ4v) is 1.33. The maximum atomic E-state index is 2.30. The predicted octanol–water partition coefficient (Wildman–Crippen LogP) is 4.83. The molecule has 0 nitrogen and oxygen atoms in total. The third-order valence-electron chi connectivity index (χ3n) is 1.76. The van der Waals surface area contributed by atoms with Gasteiger partial charge in [-0.15, -0.1) is 0 Å². The quantitative estimate of drug-likeness (QED) is 0.471. The summed E-state index contributed by atoms with van der Waals surface area (Å²) in [6.45, 7) is 12.0. The maximum absolute atomic E-state index is 2.30. The Hall–Kier alpha value is -0.520. The van der Waals surface area contributed by atoms with Gasteiger partial charge in [-0.3, -0.25) is 0 Å². The van der Waals surface area contributed by atoms with Gasteiger partial charge >= 0.3 is 0 Å². The summed E-state index contributed by atoms with van der Waals surface area (Å²) in [6, 6.07) is 0. The monoisotopic (exact) mass is 182 g/mol. The minimum atomic E-state index is 0.810. The largest absolute Gasteiger partial charge is 0.0810 e. The Morgan fingerprint density at radius 2 is 0.846 bits per heavy atom. The van der Waals surface area contributed by atoms with E-state index in [0.29, 0.717) is 0 Å². The average molecular weight is 182 g/mol. The van der Waals surface area contributed by atoms with Gasteiger partial charge in [0.2, 0.25) is 0 Å².